The number of rotatable bonds is 3. The van der Waals surface area contributed by atoms with Crippen molar-refractivity contribution < 1.29 is 24.0 Å². The maximum absolute atomic E-state index is 13.0. The maximum atomic E-state index is 13.0. The summed E-state index contributed by atoms with van der Waals surface area (Å²) in [6, 6.07) is 3.01. The molecule has 2 fully saturated rings. The van der Waals surface area contributed by atoms with Crippen LogP contribution in [0.3, 0.4) is 0 Å². The molecule has 3 atom stereocenters. The first-order valence-electron chi connectivity index (χ1n) is 8.52. The standard InChI is InChI=1S/C18H23ClN2O4/c1-10-5-14(16(24-4)6-13(10)19)21-17(22)7-15(18(21)23)20-8-11(2)25-12(3)9-20/h5-6,11-12,15H,7-9H2,1-4H3/p+1/t11-,12-,15-/m1/s1. The van der Waals surface area contributed by atoms with Gasteiger partial charge in [0.1, 0.15) is 31.0 Å². The van der Waals surface area contributed by atoms with Gasteiger partial charge >= 0.3 is 0 Å². The van der Waals surface area contributed by atoms with Gasteiger partial charge in [0.05, 0.1) is 19.2 Å². The number of methoxy groups -OCH3 is 1. The molecule has 1 N–H and O–H groups in total. The number of ether oxygens (including phenoxy) is 2. The minimum Gasteiger partial charge on any atom is -0.495 e. The van der Waals surface area contributed by atoms with E-state index in [2.05, 4.69) is 0 Å². The van der Waals surface area contributed by atoms with Crippen LogP contribution >= 0.6 is 11.6 Å². The Hall–Kier alpha value is -1.63. The first kappa shape index (κ1) is 18.2. The molecule has 25 heavy (non-hydrogen) atoms. The van der Waals surface area contributed by atoms with Crippen LogP contribution in [-0.4, -0.2) is 50.3 Å². The summed E-state index contributed by atoms with van der Waals surface area (Å²) in [7, 11) is 1.50. The van der Waals surface area contributed by atoms with Crippen LogP contribution in [0.25, 0.3) is 0 Å². The molecule has 0 radical (unpaired) electrons. The summed E-state index contributed by atoms with van der Waals surface area (Å²) >= 11 is 6.14. The maximum Gasteiger partial charge on any atom is 0.292 e. The second kappa shape index (κ2) is 6.94. The molecule has 2 amide bonds. The van der Waals surface area contributed by atoms with Gasteiger partial charge in [-0.05, 0) is 32.4 Å². The Labute approximate surface area is 152 Å². The lowest BCUT2D eigenvalue weighted by molar-refractivity contribution is -0.929. The lowest BCUT2D eigenvalue weighted by Gasteiger charge is -2.34. The minimum absolute atomic E-state index is 0.0722. The molecule has 136 valence electrons. The molecule has 2 saturated heterocycles. The van der Waals surface area contributed by atoms with Gasteiger partial charge in [-0.2, -0.15) is 0 Å². The van der Waals surface area contributed by atoms with Gasteiger partial charge in [-0.15, -0.1) is 0 Å². The van der Waals surface area contributed by atoms with Crippen molar-refractivity contribution in [2.24, 2.45) is 0 Å². The fourth-order valence-electron chi connectivity index (χ4n) is 3.79. The molecule has 0 aromatic heterocycles. The third-order valence-corrected chi connectivity index (χ3v) is 5.31. The van der Waals surface area contributed by atoms with Gasteiger partial charge in [-0.25, -0.2) is 4.90 Å². The van der Waals surface area contributed by atoms with Crippen molar-refractivity contribution in [2.45, 2.75) is 45.4 Å². The fourth-order valence-corrected chi connectivity index (χ4v) is 3.94. The van der Waals surface area contributed by atoms with E-state index in [4.69, 9.17) is 21.1 Å². The predicted molar refractivity (Wildman–Crippen MR) is 94.3 cm³/mol. The lowest BCUT2D eigenvalue weighted by atomic mass is 10.1. The summed E-state index contributed by atoms with van der Waals surface area (Å²) in [6.45, 7) is 7.28. The number of carbonyl (C=O) groups excluding carboxylic acids is 2. The van der Waals surface area contributed by atoms with Crippen molar-refractivity contribution >= 4 is 29.1 Å². The lowest BCUT2D eigenvalue weighted by Crippen LogP contribution is -3.19. The van der Waals surface area contributed by atoms with Crippen LogP contribution in [0.4, 0.5) is 5.69 Å². The van der Waals surface area contributed by atoms with Gasteiger partial charge in [0.25, 0.3) is 5.91 Å². The number of hydrogen-bond donors (Lipinski definition) is 1. The summed E-state index contributed by atoms with van der Waals surface area (Å²) < 4.78 is 11.1. The number of imide groups is 1. The normalized spacial score (nSPS) is 30.0. The van der Waals surface area contributed by atoms with E-state index in [0.717, 1.165) is 23.6 Å². The zero-order chi connectivity index (χ0) is 18.3. The number of anilines is 1. The Morgan fingerprint density at radius 3 is 2.48 bits per heavy atom. The van der Waals surface area contributed by atoms with Crippen molar-refractivity contribution in [2.75, 3.05) is 25.1 Å². The van der Waals surface area contributed by atoms with Crippen molar-refractivity contribution in [1.29, 1.82) is 0 Å². The number of morpholine rings is 1. The number of amides is 2. The number of halogens is 1. The molecule has 0 saturated carbocycles. The van der Waals surface area contributed by atoms with Crippen molar-refractivity contribution in [3.05, 3.63) is 22.7 Å². The van der Waals surface area contributed by atoms with E-state index >= 15 is 0 Å². The van der Waals surface area contributed by atoms with Gasteiger partial charge in [-0.1, -0.05) is 11.6 Å². The second-order valence-electron chi connectivity index (χ2n) is 6.92. The van der Waals surface area contributed by atoms with Crippen LogP contribution in [0.5, 0.6) is 5.75 Å². The van der Waals surface area contributed by atoms with E-state index in [-0.39, 0.29) is 36.5 Å². The van der Waals surface area contributed by atoms with Crippen LogP contribution in [0.2, 0.25) is 5.02 Å². The quantitative estimate of drug-likeness (QED) is 0.809. The number of hydrogen-bond acceptors (Lipinski definition) is 4. The zero-order valence-corrected chi connectivity index (χ0v) is 15.7. The van der Waals surface area contributed by atoms with E-state index in [0.29, 0.717) is 16.5 Å². The highest BCUT2D eigenvalue weighted by atomic mass is 35.5. The van der Waals surface area contributed by atoms with Crippen molar-refractivity contribution in [3.8, 4) is 5.75 Å². The number of aryl methyl sites for hydroxylation is 1. The molecule has 1 aromatic rings. The molecule has 0 spiro atoms. The van der Waals surface area contributed by atoms with Crippen LogP contribution < -0.4 is 14.5 Å². The summed E-state index contributed by atoms with van der Waals surface area (Å²) in [5.74, 6) is 0.0484. The summed E-state index contributed by atoms with van der Waals surface area (Å²) in [5.41, 5.74) is 1.26. The molecular weight excluding hydrogens is 344 g/mol. The summed E-state index contributed by atoms with van der Waals surface area (Å²) in [4.78, 5) is 28.0. The zero-order valence-electron chi connectivity index (χ0n) is 15.0. The Kier molecular flexibility index (Phi) is 5.04. The van der Waals surface area contributed by atoms with Gasteiger partial charge in [0.2, 0.25) is 5.91 Å². The smallest absolute Gasteiger partial charge is 0.292 e. The topological polar surface area (TPSA) is 60.3 Å². The fraction of sp³-hybridized carbons (Fsp3) is 0.556. The van der Waals surface area contributed by atoms with Gasteiger partial charge in [0.15, 0.2) is 6.04 Å². The summed E-state index contributed by atoms with van der Waals surface area (Å²) in [5, 5.41) is 0.540. The van der Waals surface area contributed by atoms with E-state index in [9.17, 15) is 9.59 Å². The second-order valence-corrected chi connectivity index (χ2v) is 7.33. The van der Waals surface area contributed by atoms with Crippen LogP contribution in [0.1, 0.15) is 25.8 Å². The largest absolute Gasteiger partial charge is 0.495 e. The van der Waals surface area contributed by atoms with Crippen molar-refractivity contribution in [3.63, 3.8) is 0 Å². The SMILES string of the molecule is COc1cc(Cl)c(C)cc1N1C(=O)C[C@@H]([NH+]2C[C@@H](C)O[C@H](C)C2)C1=O. The molecule has 3 rings (SSSR count). The summed E-state index contributed by atoms with van der Waals surface area (Å²) in [6.07, 6.45) is 0.351. The molecule has 2 aliphatic heterocycles. The molecule has 1 aromatic carbocycles. The third-order valence-electron chi connectivity index (χ3n) is 4.90. The van der Waals surface area contributed by atoms with E-state index in [1.807, 2.05) is 20.8 Å². The highest BCUT2D eigenvalue weighted by Gasteiger charge is 2.48. The highest BCUT2D eigenvalue weighted by molar-refractivity contribution is 6.32. The molecule has 0 aliphatic carbocycles. The average molecular weight is 368 g/mol. The van der Waals surface area contributed by atoms with Crippen LogP contribution in [-0.2, 0) is 14.3 Å². The Bertz CT molecular complexity index is 699. The Morgan fingerprint density at radius 2 is 1.88 bits per heavy atom. The van der Waals surface area contributed by atoms with E-state index in [1.165, 1.54) is 12.0 Å². The first-order chi connectivity index (χ1) is 11.8. The number of carbonyl (C=O) groups is 2. The van der Waals surface area contributed by atoms with E-state index in [1.54, 1.807) is 12.1 Å². The number of nitrogens with zero attached hydrogens (tertiary/aromatic N) is 1. The Balaban J connectivity index is 1.91. The third kappa shape index (κ3) is 3.38. The molecular formula is C18H24ClN2O4+. The van der Waals surface area contributed by atoms with Gasteiger partial charge < -0.3 is 14.4 Å². The van der Waals surface area contributed by atoms with Crippen LogP contribution in [0, 0.1) is 6.92 Å². The number of nitrogens with one attached hydrogen (secondary N) is 1. The highest BCUT2D eigenvalue weighted by Crippen LogP contribution is 2.36. The number of quaternary nitrogens is 1. The van der Waals surface area contributed by atoms with Gasteiger partial charge in [-0.3, -0.25) is 9.59 Å². The van der Waals surface area contributed by atoms with E-state index < -0.39 is 0 Å². The van der Waals surface area contributed by atoms with Crippen molar-refractivity contribution in [1.82, 2.24) is 0 Å². The van der Waals surface area contributed by atoms with Gasteiger partial charge in [0, 0.05) is 11.1 Å². The predicted octanol–water partition coefficient (Wildman–Crippen LogP) is 0.981. The number of benzene rings is 1. The molecule has 0 bridgehead atoms. The minimum atomic E-state index is -0.373. The molecule has 0 unspecified atom stereocenters. The van der Waals surface area contributed by atoms with Crippen LogP contribution in [0.15, 0.2) is 12.1 Å². The molecule has 2 heterocycles. The monoisotopic (exact) mass is 367 g/mol. The molecule has 2 aliphatic rings. The average Bonchev–Trinajstić information content (AvgIpc) is 2.83. The molecule has 7 heteroatoms. The Morgan fingerprint density at radius 1 is 1.24 bits per heavy atom. The molecule has 6 nitrogen and oxygen atoms in total. The first-order valence-corrected chi connectivity index (χ1v) is 8.90.